The molecule has 0 aliphatic heterocycles. The molecule has 1 aromatic rings. The molecule has 0 heterocycles. The fourth-order valence-electron chi connectivity index (χ4n) is 1.74. The zero-order chi connectivity index (χ0) is 15.5. The fraction of sp³-hybridized carbons (Fsp3) is 0.429. The van der Waals surface area contributed by atoms with Crippen molar-refractivity contribution in [3.8, 4) is 11.5 Å². The molecule has 0 aliphatic rings. The first-order valence-electron chi connectivity index (χ1n) is 6.21. The molecular formula is C14H20N2O4. The van der Waals surface area contributed by atoms with Crippen LogP contribution in [0, 0.1) is 5.41 Å². The van der Waals surface area contributed by atoms with Gasteiger partial charge in [-0.05, 0) is 17.5 Å². The van der Waals surface area contributed by atoms with Crippen LogP contribution in [0.15, 0.2) is 18.2 Å². The first-order valence-corrected chi connectivity index (χ1v) is 6.21. The highest BCUT2D eigenvalue weighted by atomic mass is 16.3. The molecule has 2 amide bonds. The van der Waals surface area contributed by atoms with E-state index in [2.05, 4.69) is 10.6 Å². The number of carbonyl (C=O) groups is 2. The van der Waals surface area contributed by atoms with E-state index in [0.29, 0.717) is 0 Å². The van der Waals surface area contributed by atoms with Crippen molar-refractivity contribution in [1.29, 1.82) is 0 Å². The Labute approximate surface area is 117 Å². The third kappa shape index (κ3) is 3.63. The van der Waals surface area contributed by atoms with E-state index in [9.17, 15) is 19.8 Å². The van der Waals surface area contributed by atoms with E-state index in [1.165, 1.54) is 19.2 Å². The van der Waals surface area contributed by atoms with Gasteiger partial charge in [-0.25, -0.2) is 0 Å². The molecule has 1 rings (SSSR count). The summed E-state index contributed by atoms with van der Waals surface area (Å²) in [5, 5.41) is 23.9. The van der Waals surface area contributed by atoms with Crippen LogP contribution in [0.3, 0.4) is 0 Å². The molecule has 0 saturated heterocycles. The molecule has 0 unspecified atom stereocenters. The Bertz CT molecular complexity index is 520. The highest BCUT2D eigenvalue weighted by molar-refractivity contribution is 5.99. The maximum atomic E-state index is 12.1. The molecule has 0 fully saturated rings. The topological polar surface area (TPSA) is 98.7 Å². The summed E-state index contributed by atoms with van der Waals surface area (Å²) in [5.74, 6) is -1.38. The first-order chi connectivity index (χ1) is 9.16. The lowest BCUT2D eigenvalue weighted by Crippen LogP contribution is -2.52. The van der Waals surface area contributed by atoms with E-state index < -0.39 is 17.4 Å². The molecule has 0 aromatic heterocycles. The molecule has 1 aromatic carbocycles. The summed E-state index contributed by atoms with van der Waals surface area (Å²) in [6, 6.07) is 2.92. The Morgan fingerprint density at radius 1 is 1.20 bits per heavy atom. The van der Waals surface area contributed by atoms with Crippen LogP contribution < -0.4 is 10.6 Å². The molecule has 4 N–H and O–H groups in total. The van der Waals surface area contributed by atoms with Gasteiger partial charge >= 0.3 is 0 Å². The Morgan fingerprint density at radius 2 is 1.80 bits per heavy atom. The predicted octanol–water partition coefficient (Wildman–Crippen LogP) is 0.988. The van der Waals surface area contributed by atoms with E-state index >= 15 is 0 Å². The van der Waals surface area contributed by atoms with Crippen molar-refractivity contribution in [3.05, 3.63) is 23.8 Å². The van der Waals surface area contributed by atoms with E-state index in [0.717, 1.165) is 6.07 Å². The lowest BCUT2D eigenvalue weighted by atomic mass is 9.86. The summed E-state index contributed by atoms with van der Waals surface area (Å²) in [4.78, 5) is 24.0. The van der Waals surface area contributed by atoms with Crippen molar-refractivity contribution in [1.82, 2.24) is 10.6 Å². The van der Waals surface area contributed by atoms with Gasteiger partial charge in [0.1, 0.15) is 17.5 Å². The van der Waals surface area contributed by atoms with Crippen LogP contribution in [0.1, 0.15) is 31.1 Å². The van der Waals surface area contributed by atoms with Crippen molar-refractivity contribution >= 4 is 11.8 Å². The molecule has 6 heteroatoms. The van der Waals surface area contributed by atoms with Gasteiger partial charge in [0.25, 0.3) is 5.91 Å². The number of amides is 2. The molecule has 20 heavy (non-hydrogen) atoms. The number of hydrogen-bond acceptors (Lipinski definition) is 4. The van der Waals surface area contributed by atoms with Gasteiger partial charge in [-0.15, -0.1) is 0 Å². The number of nitrogens with one attached hydrogen (secondary N) is 2. The molecular weight excluding hydrogens is 260 g/mol. The highest BCUT2D eigenvalue weighted by Gasteiger charge is 2.32. The van der Waals surface area contributed by atoms with Crippen molar-refractivity contribution in [2.24, 2.45) is 5.41 Å². The molecule has 1 atom stereocenters. The normalized spacial score (nSPS) is 12.6. The monoisotopic (exact) mass is 280 g/mol. The second-order valence-electron chi connectivity index (χ2n) is 5.59. The summed E-state index contributed by atoms with van der Waals surface area (Å²) < 4.78 is 0. The number of phenols is 2. The van der Waals surface area contributed by atoms with Crippen molar-refractivity contribution in [3.63, 3.8) is 0 Å². The molecule has 0 aliphatic carbocycles. The number of aromatic hydroxyl groups is 2. The minimum Gasteiger partial charge on any atom is -0.508 e. The quantitative estimate of drug-likeness (QED) is 0.663. The standard InChI is InChI=1S/C14H20N2O4/c1-14(2,3)11(13(20)15-4)16-12(19)9-6-5-8(17)7-10(9)18/h5-7,11,17-18H,1-4H3,(H,15,20)(H,16,19)/t11-/m1/s1. The molecule has 6 nitrogen and oxygen atoms in total. The number of hydrogen-bond donors (Lipinski definition) is 4. The fourth-order valence-corrected chi connectivity index (χ4v) is 1.74. The van der Waals surface area contributed by atoms with Crippen LogP contribution in [0.25, 0.3) is 0 Å². The highest BCUT2D eigenvalue weighted by Crippen LogP contribution is 2.24. The number of phenolic OH excluding ortho intramolecular Hbond substituents is 2. The maximum absolute atomic E-state index is 12.1. The van der Waals surface area contributed by atoms with Crippen LogP contribution in [-0.2, 0) is 4.79 Å². The Balaban J connectivity index is 3.00. The zero-order valence-corrected chi connectivity index (χ0v) is 12.0. The smallest absolute Gasteiger partial charge is 0.255 e. The molecule has 110 valence electrons. The van der Waals surface area contributed by atoms with Gasteiger partial charge in [-0.3, -0.25) is 9.59 Å². The Kier molecular flexibility index (Phi) is 4.60. The van der Waals surface area contributed by atoms with Crippen LogP contribution in [0.2, 0.25) is 0 Å². The van der Waals surface area contributed by atoms with Gasteiger partial charge in [0, 0.05) is 13.1 Å². The van der Waals surface area contributed by atoms with E-state index in [1.54, 1.807) is 0 Å². The number of rotatable bonds is 3. The first kappa shape index (κ1) is 15.8. The van der Waals surface area contributed by atoms with Gasteiger partial charge < -0.3 is 20.8 Å². The molecule has 0 bridgehead atoms. The van der Waals surface area contributed by atoms with Crippen LogP contribution in [0.4, 0.5) is 0 Å². The van der Waals surface area contributed by atoms with E-state index in [1.807, 2.05) is 20.8 Å². The molecule has 0 spiro atoms. The van der Waals surface area contributed by atoms with Crippen molar-refractivity contribution < 1.29 is 19.8 Å². The van der Waals surface area contributed by atoms with Gasteiger partial charge in [0.2, 0.25) is 5.91 Å². The molecule has 0 radical (unpaired) electrons. The van der Waals surface area contributed by atoms with Gasteiger partial charge in [0.05, 0.1) is 5.56 Å². The van der Waals surface area contributed by atoms with Crippen LogP contribution in [-0.4, -0.2) is 35.1 Å². The number of likely N-dealkylation sites (N-methyl/N-ethyl adjacent to an activating group) is 1. The minimum atomic E-state index is -0.742. The second kappa shape index (κ2) is 5.81. The van der Waals surface area contributed by atoms with Crippen LogP contribution >= 0.6 is 0 Å². The predicted molar refractivity (Wildman–Crippen MR) is 74.5 cm³/mol. The summed E-state index contributed by atoms with van der Waals surface area (Å²) >= 11 is 0. The number of carbonyl (C=O) groups excluding carboxylic acids is 2. The van der Waals surface area contributed by atoms with Gasteiger partial charge in [-0.2, -0.15) is 0 Å². The average molecular weight is 280 g/mol. The number of benzene rings is 1. The zero-order valence-electron chi connectivity index (χ0n) is 12.0. The van der Waals surface area contributed by atoms with Crippen LogP contribution in [0.5, 0.6) is 11.5 Å². The lowest BCUT2D eigenvalue weighted by Gasteiger charge is -2.29. The van der Waals surface area contributed by atoms with Gasteiger partial charge in [-0.1, -0.05) is 20.8 Å². The summed E-state index contributed by atoms with van der Waals surface area (Å²) in [6.45, 7) is 5.47. The third-order valence-electron chi connectivity index (χ3n) is 2.88. The lowest BCUT2D eigenvalue weighted by molar-refractivity contribution is -0.124. The Hall–Kier alpha value is -2.24. The van der Waals surface area contributed by atoms with E-state index in [4.69, 9.17) is 0 Å². The van der Waals surface area contributed by atoms with Crippen molar-refractivity contribution in [2.45, 2.75) is 26.8 Å². The Morgan fingerprint density at radius 3 is 2.25 bits per heavy atom. The summed E-state index contributed by atoms with van der Waals surface area (Å²) in [6.07, 6.45) is 0. The largest absolute Gasteiger partial charge is 0.508 e. The average Bonchev–Trinajstić information content (AvgIpc) is 2.33. The summed E-state index contributed by atoms with van der Waals surface area (Å²) in [7, 11) is 1.49. The summed E-state index contributed by atoms with van der Waals surface area (Å²) in [5.41, 5.74) is -0.483. The third-order valence-corrected chi connectivity index (χ3v) is 2.88. The maximum Gasteiger partial charge on any atom is 0.255 e. The second-order valence-corrected chi connectivity index (χ2v) is 5.59. The minimum absolute atomic E-state index is 0.000882. The van der Waals surface area contributed by atoms with Crippen molar-refractivity contribution in [2.75, 3.05) is 7.05 Å². The SMILES string of the molecule is CNC(=O)[C@@H](NC(=O)c1ccc(O)cc1O)C(C)(C)C. The van der Waals surface area contributed by atoms with E-state index in [-0.39, 0.29) is 23.0 Å². The van der Waals surface area contributed by atoms with Gasteiger partial charge in [0.15, 0.2) is 0 Å². The molecule has 0 saturated carbocycles.